The highest BCUT2D eigenvalue weighted by Crippen LogP contribution is 2.25. The molecule has 1 fully saturated rings. The summed E-state index contributed by atoms with van der Waals surface area (Å²) in [7, 11) is 3.49. The minimum Gasteiger partial charge on any atom is -0.497 e. The molecule has 1 heterocycles. The largest absolute Gasteiger partial charge is 0.497 e. The van der Waals surface area contributed by atoms with Crippen LogP contribution in [0.25, 0.3) is 0 Å². The van der Waals surface area contributed by atoms with Crippen LogP contribution in [0.4, 0.5) is 0 Å². The van der Waals surface area contributed by atoms with Crippen molar-refractivity contribution in [2.75, 3.05) is 27.3 Å². The molecule has 1 aromatic rings. The first-order chi connectivity index (χ1) is 8.22. The predicted octanol–water partition coefficient (Wildman–Crippen LogP) is 2.68. The number of hydrogen-bond acceptors (Lipinski definition) is 3. The number of halogens is 1. The van der Waals surface area contributed by atoms with Gasteiger partial charge in [0.25, 0.3) is 0 Å². The first kappa shape index (κ1) is 12.9. The molecule has 1 unspecified atom stereocenters. The maximum absolute atomic E-state index is 5.38. The van der Waals surface area contributed by atoms with Gasteiger partial charge in [-0.3, -0.25) is 4.90 Å². The number of methoxy groups -OCH3 is 2. The van der Waals surface area contributed by atoms with E-state index in [1.165, 1.54) is 5.56 Å². The molecule has 1 saturated heterocycles. The highest BCUT2D eigenvalue weighted by atomic mass is 79.9. The average molecular weight is 300 g/mol. The lowest BCUT2D eigenvalue weighted by Gasteiger charge is -2.17. The van der Waals surface area contributed by atoms with E-state index < -0.39 is 0 Å². The summed E-state index contributed by atoms with van der Waals surface area (Å²) in [6.07, 6.45) is 1.51. The normalized spacial score (nSPS) is 20.8. The second-order valence-corrected chi connectivity index (χ2v) is 5.19. The maximum Gasteiger partial charge on any atom is 0.119 e. The molecule has 0 bridgehead atoms. The Morgan fingerprint density at radius 1 is 1.41 bits per heavy atom. The molecule has 1 atom stereocenters. The Hall–Kier alpha value is -0.580. The highest BCUT2D eigenvalue weighted by molar-refractivity contribution is 9.10. The van der Waals surface area contributed by atoms with Crippen LogP contribution in [0.3, 0.4) is 0 Å². The van der Waals surface area contributed by atoms with Gasteiger partial charge in [-0.25, -0.2) is 0 Å². The Kier molecular flexibility index (Phi) is 4.42. The van der Waals surface area contributed by atoms with E-state index in [-0.39, 0.29) is 0 Å². The fourth-order valence-corrected chi connectivity index (χ4v) is 2.55. The standard InChI is InChI=1S/C13H18BrNO2/c1-16-11-3-4-13(14)10(7-11)8-15-6-5-12(9-15)17-2/h3-4,7,12H,5-6,8-9H2,1-2H3. The Morgan fingerprint density at radius 2 is 2.24 bits per heavy atom. The zero-order valence-electron chi connectivity index (χ0n) is 10.3. The fraction of sp³-hybridized carbons (Fsp3) is 0.538. The molecule has 2 rings (SSSR count). The van der Waals surface area contributed by atoms with Gasteiger partial charge < -0.3 is 9.47 Å². The SMILES string of the molecule is COc1ccc(Br)c(CN2CCC(OC)C2)c1. The summed E-state index contributed by atoms with van der Waals surface area (Å²) < 4.78 is 11.8. The third-order valence-corrected chi connectivity index (χ3v) is 3.98. The van der Waals surface area contributed by atoms with Gasteiger partial charge in [0.2, 0.25) is 0 Å². The molecule has 0 aliphatic carbocycles. The van der Waals surface area contributed by atoms with E-state index in [9.17, 15) is 0 Å². The number of hydrogen-bond donors (Lipinski definition) is 0. The third-order valence-electron chi connectivity index (χ3n) is 3.21. The van der Waals surface area contributed by atoms with Crippen molar-refractivity contribution in [3.63, 3.8) is 0 Å². The second kappa shape index (κ2) is 5.85. The van der Waals surface area contributed by atoms with Gasteiger partial charge in [-0.1, -0.05) is 15.9 Å². The van der Waals surface area contributed by atoms with E-state index in [1.807, 2.05) is 12.1 Å². The fourth-order valence-electron chi connectivity index (χ4n) is 2.17. The molecule has 3 nitrogen and oxygen atoms in total. The van der Waals surface area contributed by atoms with Crippen LogP contribution in [-0.2, 0) is 11.3 Å². The Morgan fingerprint density at radius 3 is 2.88 bits per heavy atom. The van der Waals surface area contributed by atoms with Gasteiger partial charge in [0.05, 0.1) is 13.2 Å². The first-order valence-electron chi connectivity index (χ1n) is 5.80. The molecule has 1 aliphatic heterocycles. The molecule has 0 amide bonds. The summed E-state index contributed by atoms with van der Waals surface area (Å²) in [5, 5.41) is 0. The van der Waals surface area contributed by atoms with Crippen LogP contribution in [0.15, 0.2) is 22.7 Å². The van der Waals surface area contributed by atoms with Crippen molar-refractivity contribution in [1.82, 2.24) is 4.90 Å². The number of benzene rings is 1. The number of nitrogens with zero attached hydrogens (tertiary/aromatic N) is 1. The minimum atomic E-state index is 0.388. The third kappa shape index (κ3) is 3.21. The van der Waals surface area contributed by atoms with Crippen LogP contribution in [-0.4, -0.2) is 38.3 Å². The van der Waals surface area contributed by atoms with Gasteiger partial charge in [-0.2, -0.15) is 0 Å². The summed E-state index contributed by atoms with van der Waals surface area (Å²) >= 11 is 3.59. The summed E-state index contributed by atoms with van der Waals surface area (Å²) in [6.45, 7) is 3.06. The van der Waals surface area contributed by atoms with Gasteiger partial charge in [0.1, 0.15) is 5.75 Å². The quantitative estimate of drug-likeness (QED) is 0.853. The average Bonchev–Trinajstić information content (AvgIpc) is 2.80. The van der Waals surface area contributed by atoms with E-state index in [4.69, 9.17) is 9.47 Å². The van der Waals surface area contributed by atoms with Crippen LogP contribution in [0.2, 0.25) is 0 Å². The lowest BCUT2D eigenvalue weighted by Crippen LogP contribution is -2.22. The van der Waals surface area contributed by atoms with Crippen LogP contribution in [0.5, 0.6) is 5.75 Å². The van der Waals surface area contributed by atoms with Crippen LogP contribution >= 0.6 is 15.9 Å². The lowest BCUT2D eigenvalue weighted by atomic mass is 10.2. The minimum absolute atomic E-state index is 0.388. The lowest BCUT2D eigenvalue weighted by molar-refractivity contribution is 0.107. The van der Waals surface area contributed by atoms with Crippen LogP contribution in [0, 0.1) is 0 Å². The molecule has 4 heteroatoms. The van der Waals surface area contributed by atoms with Crippen molar-refractivity contribution >= 4 is 15.9 Å². The molecule has 17 heavy (non-hydrogen) atoms. The van der Waals surface area contributed by atoms with Crippen molar-refractivity contribution in [2.24, 2.45) is 0 Å². The molecule has 0 aromatic heterocycles. The molecule has 1 aromatic carbocycles. The Balaban J connectivity index is 2.03. The summed E-state index contributed by atoms with van der Waals surface area (Å²) in [5.41, 5.74) is 1.26. The number of ether oxygens (including phenoxy) is 2. The van der Waals surface area contributed by atoms with E-state index in [0.29, 0.717) is 6.10 Å². The zero-order valence-corrected chi connectivity index (χ0v) is 11.9. The van der Waals surface area contributed by atoms with E-state index in [1.54, 1.807) is 14.2 Å². The maximum atomic E-state index is 5.38. The van der Waals surface area contributed by atoms with Crippen molar-refractivity contribution < 1.29 is 9.47 Å². The van der Waals surface area contributed by atoms with Crippen molar-refractivity contribution in [3.8, 4) is 5.75 Å². The predicted molar refractivity (Wildman–Crippen MR) is 71.4 cm³/mol. The van der Waals surface area contributed by atoms with Crippen molar-refractivity contribution in [1.29, 1.82) is 0 Å². The van der Waals surface area contributed by atoms with Crippen LogP contribution < -0.4 is 4.74 Å². The van der Waals surface area contributed by atoms with Gasteiger partial charge in [0, 0.05) is 31.2 Å². The van der Waals surface area contributed by atoms with Crippen molar-refractivity contribution in [3.05, 3.63) is 28.2 Å². The smallest absolute Gasteiger partial charge is 0.119 e. The van der Waals surface area contributed by atoms with Crippen molar-refractivity contribution in [2.45, 2.75) is 19.1 Å². The van der Waals surface area contributed by atoms with Gasteiger partial charge in [0.15, 0.2) is 0 Å². The number of likely N-dealkylation sites (tertiary alicyclic amines) is 1. The second-order valence-electron chi connectivity index (χ2n) is 4.34. The molecule has 94 valence electrons. The molecular weight excluding hydrogens is 282 g/mol. The Labute approximate surface area is 111 Å². The Bertz CT molecular complexity index is 384. The van der Waals surface area contributed by atoms with Gasteiger partial charge >= 0.3 is 0 Å². The first-order valence-corrected chi connectivity index (χ1v) is 6.60. The van der Waals surface area contributed by atoms with Crippen LogP contribution in [0.1, 0.15) is 12.0 Å². The molecular formula is C13H18BrNO2. The summed E-state index contributed by atoms with van der Waals surface area (Å²) in [4.78, 5) is 2.41. The highest BCUT2D eigenvalue weighted by Gasteiger charge is 2.22. The molecule has 0 radical (unpaired) electrons. The zero-order chi connectivity index (χ0) is 12.3. The molecule has 0 saturated carbocycles. The number of rotatable bonds is 4. The van der Waals surface area contributed by atoms with E-state index >= 15 is 0 Å². The van der Waals surface area contributed by atoms with Gasteiger partial charge in [-0.05, 0) is 30.2 Å². The molecule has 1 aliphatic rings. The van der Waals surface area contributed by atoms with E-state index in [2.05, 4.69) is 26.9 Å². The summed E-state index contributed by atoms with van der Waals surface area (Å²) in [6, 6.07) is 6.10. The summed E-state index contributed by atoms with van der Waals surface area (Å²) in [5.74, 6) is 0.908. The monoisotopic (exact) mass is 299 g/mol. The van der Waals surface area contributed by atoms with Gasteiger partial charge in [-0.15, -0.1) is 0 Å². The molecule has 0 N–H and O–H groups in total. The van der Waals surface area contributed by atoms with E-state index in [0.717, 1.165) is 36.3 Å². The molecule has 0 spiro atoms. The topological polar surface area (TPSA) is 21.7 Å².